The molecule has 2 heterocycles. The van der Waals surface area contributed by atoms with Crippen molar-refractivity contribution in [3.8, 4) is 0 Å². The first-order valence-electron chi connectivity index (χ1n) is 7.22. The summed E-state index contributed by atoms with van der Waals surface area (Å²) < 4.78 is 0. The van der Waals surface area contributed by atoms with Crippen molar-refractivity contribution in [1.29, 1.82) is 0 Å². The van der Waals surface area contributed by atoms with Gasteiger partial charge in [0, 0.05) is 11.6 Å². The largest absolute Gasteiger partial charge is 0.508 e. The van der Waals surface area contributed by atoms with E-state index in [1.807, 2.05) is 18.2 Å². The minimum absolute atomic E-state index is 0.0303. The van der Waals surface area contributed by atoms with E-state index in [0.717, 1.165) is 23.3 Å². The molecule has 0 aromatic carbocycles. The number of likely N-dealkylation sites (N-methyl/N-ethyl adjacent to an activating group) is 1. The van der Waals surface area contributed by atoms with E-state index in [1.54, 1.807) is 6.08 Å². The van der Waals surface area contributed by atoms with Crippen LogP contribution in [-0.2, 0) is 4.79 Å². The molecule has 0 saturated carbocycles. The average Bonchev–Trinajstić information content (AvgIpc) is 2.77. The van der Waals surface area contributed by atoms with E-state index in [2.05, 4.69) is 26.2 Å². The molecule has 2 unspecified atom stereocenters. The molecule has 20 heavy (non-hydrogen) atoms. The Morgan fingerprint density at radius 3 is 2.90 bits per heavy atom. The van der Waals surface area contributed by atoms with Crippen LogP contribution in [0.4, 0.5) is 0 Å². The zero-order chi connectivity index (χ0) is 14.4. The summed E-state index contributed by atoms with van der Waals surface area (Å²) >= 11 is 0. The van der Waals surface area contributed by atoms with Gasteiger partial charge in [-0.05, 0) is 24.1 Å². The molecule has 0 fully saturated rings. The highest BCUT2D eigenvalue weighted by Crippen LogP contribution is 2.28. The molecule has 0 saturated heterocycles. The summed E-state index contributed by atoms with van der Waals surface area (Å²) in [5.74, 6) is 0.740. The van der Waals surface area contributed by atoms with Crippen molar-refractivity contribution in [2.75, 3.05) is 7.05 Å². The van der Waals surface area contributed by atoms with Gasteiger partial charge in [-0.3, -0.25) is 9.69 Å². The van der Waals surface area contributed by atoms with E-state index in [1.165, 1.54) is 4.90 Å². The first-order valence-corrected chi connectivity index (χ1v) is 7.22. The van der Waals surface area contributed by atoms with Crippen molar-refractivity contribution < 1.29 is 14.8 Å². The quantitative estimate of drug-likeness (QED) is 0.691. The lowest BCUT2D eigenvalue weighted by atomic mass is 9.88. The summed E-state index contributed by atoms with van der Waals surface area (Å²) in [5, 5.41) is 12.8. The number of allylic oxidation sites excluding steroid dienone is 1. The van der Waals surface area contributed by atoms with Crippen LogP contribution in [0.25, 0.3) is 0 Å². The van der Waals surface area contributed by atoms with Gasteiger partial charge in [-0.25, -0.2) is 0 Å². The van der Waals surface area contributed by atoms with Gasteiger partial charge in [-0.2, -0.15) is 0 Å². The number of carbonyl (C=O) groups excluding carboxylic acids is 1. The minimum Gasteiger partial charge on any atom is -0.508 e. The van der Waals surface area contributed by atoms with Crippen molar-refractivity contribution in [3.63, 3.8) is 0 Å². The van der Waals surface area contributed by atoms with Gasteiger partial charge in [-0.15, -0.1) is 0 Å². The molecule has 0 aromatic rings. The fourth-order valence-corrected chi connectivity index (χ4v) is 3.30. The zero-order valence-electron chi connectivity index (χ0n) is 12.1. The molecule has 3 rings (SSSR count). The molecule has 106 valence electrons. The van der Waals surface area contributed by atoms with Crippen molar-refractivity contribution in [2.45, 2.75) is 32.4 Å². The molecule has 4 heteroatoms. The molecule has 0 bridgehead atoms. The maximum atomic E-state index is 12.2. The Labute approximate surface area is 119 Å². The average molecular weight is 273 g/mol. The highest BCUT2D eigenvalue weighted by molar-refractivity contribution is 6.00. The standard InChI is InChI=1S/C16H20N2O2/c1-4-9(2)14-15-12(16(20)17-14)7-10-5-6-11(19)8-13(10)18(15)3/h5-9,13-14,19H,4H2,1-3H3,(H,17,20)/p+1/t9-,13?,14-/m1/s1. The Balaban J connectivity index is 2.05. The molecule has 4 nitrogen and oxygen atoms in total. The Bertz CT molecular complexity index is 583. The summed E-state index contributed by atoms with van der Waals surface area (Å²) in [6, 6.07) is 0.194. The molecule has 0 radical (unpaired) electrons. The van der Waals surface area contributed by atoms with Crippen molar-refractivity contribution >= 4 is 5.91 Å². The SMILES string of the molecule is CC[C@@H](C)[C@H]1NC(=O)C2=C1[NH+](C)C1C=C(O)C=CC1=C2. The molecular formula is C16H21N2O2+. The van der Waals surface area contributed by atoms with Gasteiger partial charge < -0.3 is 10.4 Å². The monoisotopic (exact) mass is 273 g/mol. The number of quaternary nitrogens is 1. The van der Waals surface area contributed by atoms with Gasteiger partial charge in [0.15, 0.2) is 0 Å². The summed E-state index contributed by atoms with van der Waals surface area (Å²) in [5.41, 5.74) is 3.02. The van der Waals surface area contributed by atoms with Gasteiger partial charge in [-0.1, -0.05) is 20.3 Å². The summed E-state index contributed by atoms with van der Waals surface area (Å²) in [6.45, 7) is 4.31. The topological polar surface area (TPSA) is 53.8 Å². The number of hydrogen-bond donors (Lipinski definition) is 3. The lowest BCUT2D eigenvalue weighted by Gasteiger charge is -2.32. The molecule has 4 atom stereocenters. The van der Waals surface area contributed by atoms with Crippen molar-refractivity contribution in [3.05, 3.63) is 46.9 Å². The number of amides is 1. The first-order chi connectivity index (χ1) is 9.52. The molecule has 1 amide bonds. The van der Waals surface area contributed by atoms with E-state index in [9.17, 15) is 9.90 Å². The van der Waals surface area contributed by atoms with Crippen LogP contribution in [0.5, 0.6) is 0 Å². The van der Waals surface area contributed by atoms with Gasteiger partial charge in [0.1, 0.15) is 23.5 Å². The second kappa shape index (κ2) is 4.63. The number of aliphatic hydroxyl groups excluding tert-OH is 1. The number of carbonyl (C=O) groups is 1. The molecule has 2 aliphatic heterocycles. The Morgan fingerprint density at radius 2 is 2.20 bits per heavy atom. The molecule has 3 N–H and O–H groups in total. The maximum Gasteiger partial charge on any atom is 0.257 e. The van der Waals surface area contributed by atoms with Crippen LogP contribution in [0.1, 0.15) is 20.3 Å². The van der Waals surface area contributed by atoms with E-state index < -0.39 is 0 Å². The van der Waals surface area contributed by atoms with E-state index >= 15 is 0 Å². The molecule has 0 aromatic heterocycles. The number of fused-ring (bicyclic) bond motifs is 1. The highest BCUT2D eigenvalue weighted by atomic mass is 16.3. The fourth-order valence-electron chi connectivity index (χ4n) is 3.30. The van der Waals surface area contributed by atoms with Gasteiger partial charge in [0.25, 0.3) is 5.91 Å². The Kier molecular flexibility index (Phi) is 3.05. The van der Waals surface area contributed by atoms with Crippen LogP contribution in [0.2, 0.25) is 0 Å². The van der Waals surface area contributed by atoms with Crippen molar-refractivity contribution in [2.24, 2.45) is 5.92 Å². The Hall–Kier alpha value is -1.81. The third-order valence-electron chi connectivity index (χ3n) is 4.69. The normalized spacial score (nSPS) is 33.1. The maximum absolute atomic E-state index is 12.2. The van der Waals surface area contributed by atoms with Crippen LogP contribution in [0.3, 0.4) is 0 Å². The lowest BCUT2D eigenvalue weighted by molar-refractivity contribution is -0.856. The Morgan fingerprint density at radius 1 is 1.45 bits per heavy atom. The first kappa shape index (κ1) is 13.2. The predicted octanol–water partition coefficient (Wildman–Crippen LogP) is 0.620. The number of nitrogens with one attached hydrogen (secondary N) is 2. The number of rotatable bonds is 2. The van der Waals surface area contributed by atoms with E-state index in [0.29, 0.717) is 11.7 Å². The lowest BCUT2D eigenvalue weighted by Crippen LogP contribution is -3.12. The number of aliphatic hydroxyl groups is 1. The third-order valence-corrected chi connectivity index (χ3v) is 4.69. The van der Waals surface area contributed by atoms with Crippen LogP contribution < -0.4 is 10.2 Å². The zero-order valence-corrected chi connectivity index (χ0v) is 12.1. The predicted molar refractivity (Wildman–Crippen MR) is 77.0 cm³/mol. The van der Waals surface area contributed by atoms with Gasteiger partial charge >= 0.3 is 0 Å². The van der Waals surface area contributed by atoms with Gasteiger partial charge in [0.2, 0.25) is 0 Å². The number of hydrogen-bond acceptors (Lipinski definition) is 2. The van der Waals surface area contributed by atoms with Crippen LogP contribution in [-0.4, -0.2) is 30.1 Å². The molecule has 3 aliphatic rings. The van der Waals surface area contributed by atoms with Crippen LogP contribution in [0, 0.1) is 5.92 Å². The minimum atomic E-state index is 0.0303. The summed E-state index contributed by atoms with van der Waals surface area (Å²) in [4.78, 5) is 13.4. The summed E-state index contributed by atoms with van der Waals surface area (Å²) in [6.07, 6.45) is 8.44. The molecule has 1 aliphatic carbocycles. The smallest absolute Gasteiger partial charge is 0.257 e. The van der Waals surface area contributed by atoms with Crippen LogP contribution in [0.15, 0.2) is 46.9 Å². The van der Waals surface area contributed by atoms with E-state index in [-0.39, 0.29) is 18.0 Å². The van der Waals surface area contributed by atoms with E-state index in [4.69, 9.17) is 0 Å². The van der Waals surface area contributed by atoms with Crippen molar-refractivity contribution in [1.82, 2.24) is 5.32 Å². The third kappa shape index (κ3) is 1.83. The second-order valence-corrected chi connectivity index (χ2v) is 5.89. The fraction of sp³-hybridized carbons (Fsp3) is 0.438. The molecular weight excluding hydrogens is 252 g/mol. The summed E-state index contributed by atoms with van der Waals surface area (Å²) in [7, 11) is 2.08. The highest BCUT2D eigenvalue weighted by Gasteiger charge is 2.44. The van der Waals surface area contributed by atoms with Crippen LogP contribution >= 0.6 is 0 Å². The second-order valence-electron chi connectivity index (χ2n) is 5.89. The van der Waals surface area contributed by atoms with Gasteiger partial charge in [0.05, 0.1) is 12.6 Å². The molecule has 0 spiro atoms.